The van der Waals surface area contributed by atoms with Crippen LogP contribution in [-0.2, 0) is 23.4 Å². The maximum absolute atomic E-state index is 6.70. The zero-order valence-corrected chi connectivity index (χ0v) is 16.1. The van der Waals surface area contributed by atoms with Gasteiger partial charge in [-0.1, -0.05) is 12.1 Å². The Morgan fingerprint density at radius 1 is 1.14 bits per heavy atom. The smallest absolute Gasteiger partial charge is 0.153 e. The van der Waals surface area contributed by atoms with Gasteiger partial charge in [0.25, 0.3) is 0 Å². The van der Waals surface area contributed by atoms with Gasteiger partial charge in [0.05, 0.1) is 37.1 Å². The Morgan fingerprint density at radius 2 is 2.00 bits per heavy atom. The molecule has 0 saturated carbocycles. The maximum Gasteiger partial charge on any atom is 0.153 e. The number of aromatic nitrogens is 2. The van der Waals surface area contributed by atoms with Gasteiger partial charge in [-0.15, -0.1) is 0 Å². The molecule has 146 valence electrons. The highest BCUT2D eigenvalue weighted by Gasteiger charge is 2.46. The van der Waals surface area contributed by atoms with Crippen LogP contribution >= 0.6 is 0 Å². The number of hydrogen-bond donors (Lipinski definition) is 0. The van der Waals surface area contributed by atoms with Gasteiger partial charge >= 0.3 is 0 Å². The second kappa shape index (κ2) is 7.11. The van der Waals surface area contributed by atoms with E-state index in [0.29, 0.717) is 6.61 Å². The number of hydrogen-bond acceptors (Lipinski definition) is 5. The average Bonchev–Trinajstić information content (AvgIpc) is 3.39. The zero-order chi connectivity index (χ0) is 19.0. The Hall–Kier alpha value is -2.57. The van der Waals surface area contributed by atoms with Crippen molar-refractivity contribution in [3.63, 3.8) is 0 Å². The zero-order valence-electron chi connectivity index (χ0n) is 16.1. The molecule has 6 nitrogen and oxygen atoms in total. The summed E-state index contributed by atoms with van der Waals surface area (Å²) in [7, 11) is 1.73. The third-order valence-electron chi connectivity index (χ3n) is 5.88. The lowest BCUT2D eigenvalue weighted by molar-refractivity contribution is -0.0149. The number of piperidine rings is 1. The quantitative estimate of drug-likeness (QED) is 0.677. The van der Waals surface area contributed by atoms with Crippen LogP contribution in [0, 0.1) is 0 Å². The molecule has 3 aromatic rings. The van der Waals surface area contributed by atoms with Gasteiger partial charge in [0, 0.05) is 45.1 Å². The van der Waals surface area contributed by atoms with Gasteiger partial charge in [0.2, 0.25) is 0 Å². The molecule has 0 atom stereocenters. The molecular weight excluding hydrogens is 354 g/mol. The van der Waals surface area contributed by atoms with E-state index < -0.39 is 0 Å². The second-order valence-corrected chi connectivity index (χ2v) is 7.58. The summed E-state index contributed by atoms with van der Waals surface area (Å²) in [5.41, 5.74) is 2.99. The van der Waals surface area contributed by atoms with Crippen molar-refractivity contribution in [1.29, 1.82) is 0 Å². The van der Waals surface area contributed by atoms with Crippen molar-refractivity contribution in [3.05, 3.63) is 60.4 Å². The van der Waals surface area contributed by atoms with Crippen LogP contribution in [-0.4, -0.2) is 41.3 Å². The highest BCUT2D eigenvalue weighted by Crippen LogP contribution is 2.49. The monoisotopic (exact) mass is 379 g/mol. The fraction of sp³-hybridized carbons (Fsp3) is 0.409. The van der Waals surface area contributed by atoms with E-state index in [4.69, 9.17) is 18.9 Å². The molecule has 2 aromatic heterocycles. The van der Waals surface area contributed by atoms with Crippen molar-refractivity contribution >= 4 is 0 Å². The third kappa shape index (κ3) is 2.93. The van der Waals surface area contributed by atoms with E-state index in [1.165, 1.54) is 5.69 Å². The van der Waals surface area contributed by atoms with Crippen LogP contribution in [0.5, 0.6) is 5.75 Å². The summed E-state index contributed by atoms with van der Waals surface area (Å²) in [6, 6.07) is 12.2. The first-order valence-electron chi connectivity index (χ1n) is 9.87. The summed E-state index contributed by atoms with van der Waals surface area (Å²) in [4.78, 5) is 7.21. The molecule has 0 N–H and O–H groups in total. The van der Waals surface area contributed by atoms with E-state index in [1.807, 2.05) is 30.6 Å². The minimum Gasteiger partial charge on any atom is -0.480 e. The van der Waals surface area contributed by atoms with Gasteiger partial charge in [0.15, 0.2) is 5.60 Å². The van der Waals surface area contributed by atoms with Gasteiger partial charge < -0.3 is 18.5 Å². The number of imidazole rings is 1. The SMILES string of the molecule is COCCn1cnc2c1C1(CCN(Cc3ccco3)CC1)Oc1ccccc1-2. The van der Waals surface area contributed by atoms with Crippen molar-refractivity contribution in [3.8, 4) is 17.0 Å². The van der Waals surface area contributed by atoms with Crippen LogP contribution in [0.1, 0.15) is 24.3 Å². The number of ether oxygens (including phenoxy) is 2. The highest BCUT2D eigenvalue weighted by molar-refractivity contribution is 5.72. The van der Waals surface area contributed by atoms with Crippen LogP contribution < -0.4 is 4.74 Å². The minimum atomic E-state index is -0.340. The first kappa shape index (κ1) is 17.5. The summed E-state index contributed by atoms with van der Waals surface area (Å²) < 4.78 is 19.8. The molecular formula is C22H25N3O3. The predicted molar refractivity (Wildman–Crippen MR) is 105 cm³/mol. The lowest BCUT2D eigenvalue weighted by Gasteiger charge is -2.44. The molecule has 0 bridgehead atoms. The topological polar surface area (TPSA) is 52.7 Å². The molecule has 6 heteroatoms. The highest BCUT2D eigenvalue weighted by atomic mass is 16.5. The van der Waals surface area contributed by atoms with Gasteiger partial charge in [-0.3, -0.25) is 4.90 Å². The molecule has 0 radical (unpaired) electrons. The van der Waals surface area contributed by atoms with E-state index >= 15 is 0 Å². The largest absolute Gasteiger partial charge is 0.480 e. The van der Waals surface area contributed by atoms with Crippen LogP contribution in [0.2, 0.25) is 0 Å². The van der Waals surface area contributed by atoms with Gasteiger partial charge in [-0.05, 0) is 24.3 Å². The number of furan rings is 1. The van der Waals surface area contributed by atoms with Crippen molar-refractivity contribution in [2.45, 2.75) is 31.5 Å². The summed E-state index contributed by atoms with van der Waals surface area (Å²) in [6.45, 7) is 4.19. The number of benzene rings is 1. The van der Waals surface area contributed by atoms with E-state index in [9.17, 15) is 0 Å². The molecule has 1 saturated heterocycles. The Labute approximate surface area is 164 Å². The lowest BCUT2D eigenvalue weighted by Crippen LogP contribution is -2.48. The molecule has 0 aliphatic carbocycles. The maximum atomic E-state index is 6.70. The average molecular weight is 379 g/mol. The van der Waals surface area contributed by atoms with Crippen LogP contribution in [0.3, 0.4) is 0 Å². The van der Waals surface area contributed by atoms with E-state index in [0.717, 1.165) is 61.8 Å². The second-order valence-electron chi connectivity index (χ2n) is 7.58. The van der Waals surface area contributed by atoms with Crippen LogP contribution in [0.15, 0.2) is 53.4 Å². The van der Waals surface area contributed by atoms with Crippen molar-refractivity contribution in [1.82, 2.24) is 14.5 Å². The first-order chi connectivity index (χ1) is 13.8. The van der Waals surface area contributed by atoms with Gasteiger partial charge in [0.1, 0.15) is 11.5 Å². The summed E-state index contributed by atoms with van der Waals surface area (Å²) >= 11 is 0. The number of nitrogens with zero attached hydrogens (tertiary/aromatic N) is 3. The van der Waals surface area contributed by atoms with E-state index in [2.05, 4.69) is 21.6 Å². The van der Waals surface area contributed by atoms with Gasteiger partial charge in [-0.2, -0.15) is 0 Å². The third-order valence-corrected chi connectivity index (χ3v) is 5.88. The molecule has 4 heterocycles. The van der Waals surface area contributed by atoms with Crippen LogP contribution in [0.4, 0.5) is 0 Å². The number of methoxy groups -OCH3 is 1. The number of para-hydroxylation sites is 1. The Bertz CT molecular complexity index is 940. The van der Waals surface area contributed by atoms with Crippen molar-refractivity contribution in [2.24, 2.45) is 0 Å². The molecule has 1 aromatic carbocycles. The van der Waals surface area contributed by atoms with E-state index in [-0.39, 0.29) is 5.60 Å². The molecule has 28 heavy (non-hydrogen) atoms. The molecule has 0 amide bonds. The van der Waals surface area contributed by atoms with Gasteiger partial charge in [-0.25, -0.2) is 4.98 Å². The Kier molecular flexibility index (Phi) is 4.45. The fourth-order valence-corrected chi connectivity index (χ4v) is 4.46. The molecule has 5 rings (SSSR count). The number of fused-ring (bicyclic) bond motifs is 4. The first-order valence-corrected chi connectivity index (χ1v) is 9.87. The standard InChI is InChI=1S/C22H25N3O3/c1-26-14-12-25-16-23-20-18-6-2-3-7-19(18)28-22(21(20)25)8-10-24(11-9-22)15-17-5-4-13-27-17/h2-7,13,16H,8-12,14-15H2,1H3. The Morgan fingerprint density at radius 3 is 2.79 bits per heavy atom. The predicted octanol–water partition coefficient (Wildman–Crippen LogP) is 3.67. The van der Waals surface area contributed by atoms with Crippen LogP contribution in [0.25, 0.3) is 11.3 Å². The fourth-order valence-electron chi connectivity index (χ4n) is 4.46. The summed E-state index contributed by atoms with van der Waals surface area (Å²) in [6.07, 6.45) is 5.52. The molecule has 1 fully saturated rings. The van der Waals surface area contributed by atoms with Crippen molar-refractivity contribution < 1.29 is 13.9 Å². The summed E-state index contributed by atoms with van der Waals surface area (Å²) in [5.74, 6) is 1.95. The Balaban J connectivity index is 1.46. The molecule has 2 aliphatic heterocycles. The normalized spacial score (nSPS) is 17.9. The minimum absolute atomic E-state index is 0.340. The van der Waals surface area contributed by atoms with E-state index in [1.54, 1.807) is 13.4 Å². The molecule has 2 aliphatic rings. The summed E-state index contributed by atoms with van der Waals surface area (Å²) in [5, 5.41) is 0. The molecule has 0 unspecified atom stereocenters. The molecule has 1 spiro atoms. The number of rotatable bonds is 5. The van der Waals surface area contributed by atoms with Crippen molar-refractivity contribution in [2.75, 3.05) is 26.8 Å². The lowest BCUT2D eigenvalue weighted by atomic mass is 9.83. The number of likely N-dealkylation sites (tertiary alicyclic amines) is 1.